The van der Waals surface area contributed by atoms with Gasteiger partial charge in [0.15, 0.2) is 4.47 Å². The Morgan fingerprint density at radius 1 is 1.50 bits per heavy atom. The van der Waals surface area contributed by atoms with Crippen molar-refractivity contribution in [1.82, 2.24) is 10.3 Å². The van der Waals surface area contributed by atoms with Gasteiger partial charge in [0, 0.05) is 11.6 Å². The molecule has 1 aromatic heterocycles. The lowest BCUT2D eigenvalue weighted by molar-refractivity contribution is 0.0943. The van der Waals surface area contributed by atoms with Gasteiger partial charge in [-0.1, -0.05) is 11.6 Å². The van der Waals surface area contributed by atoms with Crippen LogP contribution in [0.1, 0.15) is 24.2 Å². The zero-order chi connectivity index (χ0) is 11.7. The standard InChI is InChI=1S/C11H11ClN2OS/c1-6(2)13-10(15)7-3-4-8-9(5-7)16-11(12)14-8/h3-6H,1-2H3,(H,13,15). The van der Waals surface area contributed by atoms with Crippen LogP contribution in [-0.2, 0) is 0 Å². The smallest absolute Gasteiger partial charge is 0.251 e. The molecule has 0 radical (unpaired) electrons. The minimum atomic E-state index is -0.0681. The Bertz CT molecular complexity index is 536. The van der Waals surface area contributed by atoms with Gasteiger partial charge in [-0.15, -0.1) is 11.3 Å². The molecule has 1 heterocycles. The van der Waals surface area contributed by atoms with Crippen molar-refractivity contribution in [2.75, 3.05) is 0 Å². The molecular formula is C11H11ClN2OS. The van der Waals surface area contributed by atoms with Crippen molar-refractivity contribution in [3.05, 3.63) is 28.2 Å². The highest BCUT2D eigenvalue weighted by Gasteiger charge is 2.09. The fourth-order valence-corrected chi connectivity index (χ4v) is 2.45. The molecule has 3 nitrogen and oxygen atoms in total. The van der Waals surface area contributed by atoms with Crippen LogP contribution in [0.4, 0.5) is 0 Å². The van der Waals surface area contributed by atoms with Crippen molar-refractivity contribution in [1.29, 1.82) is 0 Å². The number of thiazole rings is 1. The van der Waals surface area contributed by atoms with Gasteiger partial charge in [-0.3, -0.25) is 4.79 Å². The Kier molecular flexibility index (Phi) is 3.12. The summed E-state index contributed by atoms with van der Waals surface area (Å²) in [6.07, 6.45) is 0. The molecule has 1 aromatic carbocycles. The minimum Gasteiger partial charge on any atom is -0.350 e. The van der Waals surface area contributed by atoms with Gasteiger partial charge in [-0.2, -0.15) is 0 Å². The number of aromatic nitrogens is 1. The number of benzene rings is 1. The normalized spacial score (nSPS) is 11.0. The molecule has 0 bridgehead atoms. The number of fused-ring (bicyclic) bond motifs is 1. The van der Waals surface area contributed by atoms with Crippen LogP contribution in [0.3, 0.4) is 0 Å². The fraction of sp³-hybridized carbons (Fsp3) is 0.273. The predicted molar refractivity (Wildman–Crippen MR) is 67.2 cm³/mol. The number of halogens is 1. The number of carbonyl (C=O) groups is 1. The summed E-state index contributed by atoms with van der Waals surface area (Å²) in [5, 5.41) is 2.84. The lowest BCUT2D eigenvalue weighted by Crippen LogP contribution is -2.29. The SMILES string of the molecule is CC(C)NC(=O)c1ccc2nc(Cl)sc2c1. The Labute approximate surface area is 102 Å². The molecule has 5 heteroatoms. The number of hydrogen-bond acceptors (Lipinski definition) is 3. The molecule has 1 amide bonds. The largest absolute Gasteiger partial charge is 0.350 e. The molecule has 2 aromatic rings. The van der Waals surface area contributed by atoms with Crippen molar-refractivity contribution in [2.24, 2.45) is 0 Å². The molecule has 0 saturated carbocycles. The highest BCUT2D eigenvalue weighted by Crippen LogP contribution is 2.26. The topological polar surface area (TPSA) is 42.0 Å². The summed E-state index contributed by atoms with van der Waals surface area (Å²) in [4.78, 5) is 15.9. The molecule has 0 saturated heterocycles. The van der Waals surface area contributed by atoms with Gasteiger partial charge in [0.2, 0.25) is 0 Å². The van der Waals surface area contributed by atoms with E-state index in [1.54, 1.807) is 6.07 Å². The molecule has 0 aliphatic rings. The van der Waals surface area contributed by atoms with E-state index >= 15 is 0 Å². The number of nitrogens with one attached hydrogen (secondary N) is 1. The zero-order valence-corrected chi connectivity index (χ0v) is 10.5. The van der Waals surface area contributed by atoms with E-state index in [1.807, 2.05) is 26.0 Å². The second-order valence-corrected chi connectivity index (χ2v) is 5.39. The molecule has 0 fully saturated rings. The van der Waals surface area contributed by atoms with E-state index in [2.05, 4.69) is 10.3 Å². The molecule has 16 heavy (non-hydrogen) atoms. The lowest BCUT2D eigenvalue weighted by Gasteiger charge is -2.07. The maximum Gasteiger partial charge on any atom is 0.251 e. The third-order valence-electron chi connectivity index (χ3n) is 2.04. The second-order valence-electron chi connectivity index (χ2n) is 3.78. The minimum absolute atomic E-state index is 0.0681. The highest BCUT2D eigenvalue weighted by molar-refractivity contribution is 7.22. The van der Waals surface area contributed by atoms with Crippen molar-refractivity contribution < 1.29 is 4.79 Å². The summed E-state index contributed by atoms with van der Waals surface area (Å²) in [5.74, 6) is -0.0681. The fourth-order valence-electron chi connectivity index (χ4n) is 1.38. The number of carbonyl (C=O) groups excluding carboxylic acids is 1. The molecule has 2 rings (SSSR count). The van der Waals surface area contributed by atoms with Crippen molar-refractivity contribution in [3.8, 4) is 0 Å². The van der Waals surface area contributed by atoms with E-state index < -0.39 is 0 Å². The Hall–Kier alpha value is -1.13. The third kappa shape index (κ3) is 2.33. The van der Waals surface area contributed by atoms with Crippen LogP contribution < -0.4 is 5.32 Å². The molecule has 84 valence electrons. The maximum atomic E-state index is 11.7. The summed E-state index contributed by atoms with van der Waals surface area (Å²) in [6.45, 7) is 3.86. The third-order valence-corrected chi connectivity index (χ3v) is 3.17. The molecule has 0 spiro atoms. The van der Waals surface area contributed by atoms with Crippen LogP contribution in [0.5, 0.6) is 0 Å². The number of hydrogen-bond donors (Lipinski definition) is 1. The summed E-state index contributed by atoms with van der Waals surface area (Å²) in [7, 11) is 0. The first kappa shape index (κ1) is 11.4. The van der Waals surface area contributed by atoms with Crippen molar-refractivity contribution in [3.63, 3.8) is 0 Å². The monoisotopic (exact) mass is 254 g/mol. The van der Waals surface area contributed by atoms with Gasteiger partial charge in [0.05, 0.1) is 10.2 Å². The summed E-state index contributed by atoms with van der Waals surface area (Å²) in [5.41, 5.74) is 1.47. The van der Waals surface area contributed by atoms with Crippen LogP contribution in [0.2, 0.25) is 4.47 Å². The van der Waals surface area contributed by atoms with Gasteiger partial charge < -0.3 is 5.32 Å². The molecular weight excluding hydrogens is 244 g/mol. The van der Waals surface area contributed by atoms with Crippen molar-refractivity contribution >= 4 is 39.1 Å². The molecule has 0 aliphatic carbocycles. The van der Waals surface area contributed by atoms with Gasteiger partial charge >= 0.3 is 0 Å². The summed E-state index contributed by atoms with van der Waals surface area (Å²) < 4.78 is 1.43. The van der Waals surface area contributed by atoms with E-state index in [9.17, 15) is 4.79 Å². The van der Waals surface area contributed by atoms with Crippen LogP contribution >= 0.6 is 22.9 Å². The van der Waals surface area contributed by atoms with E-state index in [0.29, 0.717) is 10.0 Å². The average Bonchev–Trinajstić information content (AvgIpc) is 2.55. The van der Waals surface area contributed by atoms with Gasteiger partial charge in [0.25, 0.3) is 5.91 Å². The van der Waals surface area contributed by atoms with Crippen LogP contribution in [0.15, 0.2) is 18.2 Å². The Morgan fingerprint density at radius 2 is 2.25 bits per heavy atom. The Morgan fingerprint density at radius 3 is 2.94 bits per heavy atom. The second kappa shape index (κ2) is 4.39. The first-order chi connectivity index (χ1) is 7.56. The number of nitrogens with zero attached hydrogens (tertiary/aromatic N) is 1. The molecule has 0 aliphatic heterocycles. The Balaban J connectivity index is 2.35. The van der Waals surface area contributed by atoms with Gasteiger partial charge in [-0.25, -0.2) is 4.98 Å². The van der Waals surface area contributed by atoms with Crippen LogP contribution in [0.25, 0.3) is 10.2 Å². The summed E-state index contributed by atoms with van der Waals surface area (Å²) in [6, 6.07) is 5.52. The quantitative estimate of drug-likeness (QED) is 0.895. The highest BCUT2D eigenvalue weighted by atomic mass is 35.5. The first-order valence-corrected chi connectivity index (χ1v) is 6.12. The number of amides is 1. The summed E-state index contributed by atoms with van der Waals surface area (Å²) >= 11 is 7.18. The van der Waals surface area contributed by atoms with E-state index in [1.165, 1.54) is 11.3 Å². The maximum absolute atomic E-state index is 11.7. The van der Waals surface area contributed by atoms with Gasteiger partial charge in [0.1, 0.15) is 0 Å². The van der Waals surface area contributed by atoms with E-state index in [-0.39, 0.29) is 11.9 Å². The van der Waals surface area contributed by atoms with Crippen molar-refractivity contribution in [2.45, 2.75) is 19.9 Å². The lowest BCUT2D eigenvalue weighted by atomic mass is 10.2. The van der Waals surface area contributed by atoms with E-state index in [4.69, 9.17) is 11.6 Å². The predicted octanol–water partition coefficient (Wildman–Crippen LogP) is 3.09. The first-order valence-electron chi connectivity index (χ1n) is 4.93. The zero-order valence-electron chi connectivity index (χ0n) is 8.95. The average molecular weight is 255 g/mol. The number of rotatable bonds is 2. The van der Waals surface area contributed by atoms with Crippen LogP contribution in [0, 0.1) is 0 Å². The molecule has 0 unspecified atom stereocenters. The molecule has 0 atom stereocenters. The molecule has 1 N–H and O–H groups in total. The van der Waals surface area contributed by atoms with Crippen LogP contribution in [-0.4, -0.2) is 16.9 Å². The van der Waals surface area contributed by atoms with Gasteiger partial charge in [-0.05, 0) is 32.0 Å². The van der Waals surface area contributed by atoms with E-state index in [0.717, 1.165) is 10.2 Å².